The monoisotopic (exact) mass is 296 g/mol. The molecule has 0 bridgehead atoms. The zero-order chi connectivity index (χ0) is 14.0. The lowest BCUT2D eigenvalue weighted by Crippen LogP contribution is -2.27. The molecular weight excluding hydrogens is 276 g/mol. The van der Waals surface area contributed by atoms with Crippen LogP contribution >= 0.6 is 0 Å². The molecule has 2 fully saturated rings. The molecule has 0 aromatic heterocycles. The molecule has 1 atom stereocenters. The fourth-order valence-electron chi connectivity index (χ4n) is 2.33. The number of hydrogen-bond donors (Lipinski definition) is 2. The summed E-state index contributed by atoms with van der Waals surface area (Å²) in [4.78, 5) is 0.339. The maximum atomic E-state index is 12.3. The highest BCUT2D eigenvalue weighted by atomic mass is 32.2. The fraction of sp³-hybridized carbons (Fsp3) is 0.571. The van der Waals surface area contributed by atoms with E-state index in [0.717, 1.165) is 39.0 Å². The Morgan fingerprint density at radius 1 is 1.20 bits per heavy atom. The second-order valence-electron chi connectivity index (χ2n) is 5.50. The molecule has 1 saturated carbocycles. The average molecular weight is 296 g/mol. The molecule has 20 heavy (non-hydrogen) atoms. The van der Waals surface area contributed by atoms with Crippen molar-refractivity contribution >= 4 is 15.7 Å². The van der Waals surface area contributed by atoms with Crippen LogP contribution in [0.5, 0.6) is 0 Å². The Morgan fingerprint density at radius 3 is 2.70 bits per heavy atom. The van der Waals surface area contributed by atoms with Crippen LogP contribution in [-0.4, -0.2) is 34.2 Å². The van der Waals surface area contributed by atoms with Crippen LogP contribution in [0.25, 0.3) is 0 Å². The number of anilines is 1. The lowest BCUT2D eigenvalue weighted by molar-refractivity contribution is 0.187. The van der Waals surface area contributed by atoms with Gasteiger partial charge in [0.1, 0.15) is 4.90 Å². The van der Waals surface area contributed by atoms with Gasteiger partial charge in [0.25, 0.3) is 0 Å². The Morgan fingerprint density at radius 2 is 2.00 bits per heavy atom. The first-order chi connectivity index (χ1) is 9.65. The third-order valence-electron chi connectivity index (χ3n) is 3.68. The highest BCUT2D eigenvalue weighted by Crippen LogP contribution is 2.26. The van der Waals surface area contributed by atoms with Crippen molar-refractivity contribution in [3.63, 3.8) is 0 Å². The van der Waals surface area contributed by atoms with Gasteiger partial charge < -0.3 is 10.1 Å². The molecule has 1 aliphatic carbocycles. The molecule has 0 spiro atoms. The van der Waals surface area contributed by atoms with Crippen molar-refractivity contribution in [2.24, 2.45) is 5.92 Å². The predicted molar refractivity (Wildman–Crippen MR) is 77.2 cm³/mol. The summed E-state index contributed by atoms with van der Waals surface area (Å²) < 4.78 is 32.7. The van der Waals surface area contributed by atoms with E-state index in [1.54, 1.807) is 12.1 Å². The van der Waals surface area contributed by atoms with E-state index in [0.29, 0.717) is 16.5 Å². The molecule has 1 saturated heterocycles. The molecule has 5 nitrogen and oxygen atoms in total. The molecule has 1 unspecified atom stereocenters. The van der Waals surface area contributed by atoms with E-state index >= 15 is 0 Å². The molecule has 1 heterocycles. The first-order valence-corrected chi connectivity index (χ1v) is 8.56. The standard InChI is InChI=1S/C14H20N2O3S/c17-20(18,16-12-5-6-12)14-4-2-1-3-13(14)15-9-11-7-8-19-10-11/h1-4,11-12,15-16H,5-10H2. The largest absolute Gasteiger partial charge is 0.384 e. The third kappa shape index (κ3) is 3.31. The number of nitrogens with one attached hydrogen (secondary N) is 2. The van der Waals surface area contributed by atoms with Crippen LogP contribution in [0.15, 0.2) is 29.2 Å². The van der Waals surface area contributed by atoms with Crippen LogP contribution < -0.4 is 10.0 Å². The highest BCUT2D eigenvalue weighted by molar-refractivity contribution is 7.89. The van der Waals surface area contributed by atoms with Crippen molar-refractivity contribution in [3.05, 3.63) is 24.3 Å². The molecule has 0 amide bonds. The zero-order valence-electron chi connectivity index (χ0n) is 11.3. The number of hydrogen-bond acceptors (Lipinski definition) is 4. The smallest absolute Gasteiger partial charge is 0.242 e. The van der Waals surface area contributed by atoms with Crippen molar-refractivity contribution < 1.29 is 13.2 Å². The van der Waals surface area contributed by atoms with Crippen molar-refractivity contribution in [2.45, 2.75) is 30.2 Å². The minimum atomic E-state index is -3.42. The summed E-state index contributed by atoms with van der Waals surface area (Å²) >= 11 is 0. The summed E-state index contributed by atoms with van der Waals surface area (Å²) in [6, 6.07) is 7.20. The maximum Gasteiger partial charge on any atom is 0.242 e. The number of ether oxygens (including phenoxy) is 1. The first kappa shape index (κ1) is 13.9. The molecule has 1 aromatic carbocycles. The summed E-state index contributed by atoms with van der Waals surface area (Å²) in [5.74, 6) is 0.460. The van der Waals surface area contributed by atoms with Gasteiger partial charge in [-0.25, -0.2) is 13.1 Å². The Balaban J connectivity index is 1.73. The van der Waals surface area contributed by atoms with E-state index in [9.17, 15) is 8.42 Å². The normalized spacial score (nSPS) is 22.9. The summed E-state index contributed by atoms with van der Waals surface area (Å²) in [5, 5.41) is 3.26. The molecule has 1 aliphatic heterocycles. The lowest BCUT2D eigenvalue weighted by Gasteiger charge is -2.15. The van der Waals surface area contributed by atoms with Crippen molar-refractivity contribution in [3.8, 4) is 0 Å². The Kier molecular flexibility index (Phi) is 3.96. The maximum absolute atomic E-state index is 12.3. The van der Waals surface area contributed by atoms with Crippen molar-refractivity contribution in [1.29, 1.82) is 0 Å². The highest BCUT2D eigenvalue weighted by Gasteiger charge is 2.29. The van der Waals surface area contributed by atoms with E-state index in [4.69, 9.17) is 4.74 Å². The Bertz CT molecular complexity index is 564. The summed E-state index contributed by atoms with van der Waals surface area (Å²) in [7, 11) is -3.42. The van der Waals surface area contributed by atoms with Crippen LogP contribution in [0.4, 0.5) is 5.69 Å². The van der Waals surface area contributed by atoms with Crippen LogP contribution in [0, 0.1) is 5.92 Å². The van der Waals surface area contributed by atoms with Crippen LogP contribution in [-0.2, 0) is 14.8 Å². The fourth-order valence-corrected chi connectivity index (χ4v) is 3.82. The second kappa shape index (κ2) is 5.71. The molecule has 2 aliphatic rings. The number of rotatable bonds is 6. The number of benzene rings is 1. The summed E-state index contributed by atoms with van der Waals surface area (Å²) in [5.41, 5.74) is 0.674. The van der Waals surface area contributed by atoms with Gasteiger partial charge >= 0.3 is 0 Å². The quantitative estimate of drug-likeness (QED) is 0.836. The number of sulfonamides is 1. The van der Waals surface area contributed by atoms with Gasteiger partial charge in [-0.05, 0) is 31.4 Å². The summed E-state index contributed by atoms with van der Waals surface area (Å²) in [6.07, 6.45) is 2.91. The first-order valence-electron chi connectivity index (χ1n) is 7.08. The molecule has 6 heteroatoms. The zero-order valence-corrected chi connectivity index (χ0v) is 12.2. The predicted octanol–water partition coefficient (Wildman–Crippen LogP) is 1.58. The van der Waals surface area contributed by atoms with Crippen LogP contribution in [0.3, 0.4) is 0 Å². The van der Waals surface area contributed by atoms with Crippen molar-refractivity contribution in [2.75, 3.05) is 25.1 Å². The third-order valence-corrected chi connectivity index (χ3v) is 5.26. The van der Waals surface area contributed by atoms with Gasteiger partial charge in [0.15, 0.2) is 0 Å². The van der Waals surface area contributed by atoms with Gasteiger partial charge in [0.2, 0.25) is 10.0 Å². The van der Waals surface area contributed by atoms with E-state index in [1.807, 2.05) is 12.1 Å². The van der Waals surface area contributed by atoms with E-state index in [2.05, 4.69) is 10.0 Å². The molecule has 110 valence electrons. The number of para-hydroxylation sites is 1. The second-order valence-corrected chi connectivity index (χ2v) is 7.18. The molecule has 3 rings (SSSR count). The molecule has 1 aromatic rings. The van der Waals surface area contributed by atoms with Gasteiger partial charge in [-0.15, -0.1) is 0 Å². The summed E-state index contributed by atoms with van der Waals surface area (Å²) in [6.45, 7) is 2.30. The minimum Gasteiger partial charge on any atom is -0.384 e. The Labute approximate surface area is 119 Å². The van der Waals surface area contributed by atoms with Gasteiger partial charge in [-0.3, -0.25) is 0 Å². The van der Waals surface area contributed by atoms with Gasteiger partial charge in [-0.2, -0.15) is 0 Å². The SMILES string of the molecule is O=S(=O)(NC1CC1)c1ccccc1NCC1CCOC1. The molecule has 0 radical (unpaired) electrons. The van der Waals surface area contributed by atoms with Gasteiger partial charge in [-0.1, -0.05) is 12.1 Å². The van der Waals surface area contributed by atoms with E-state index in [-0.39, 0.29) is 6.04 Å². The average Bonchev–Trinajstić information content (AvgIpc) is 3.07. The van der Waals surface area contributed by atoms with Gasteiger partial charge in [0, 0.05) is 25.1 Å². The minimum absolute atomic E-state index is 0.122. The lowest BCUT2D eigenvalue weighted by atomic mass is 10.1. The van der Waals surface area contributed by atoms with Gasteiger partial charge in [0.05, 0.1) is 12.3 Å². The van der Waals surface area contributed by atoms with E-state index < -0.39 is 10.0 Å². The molecular formula is C14H20N2O3S. The van der Waals surface area contributed by atoms with E-state index in [1.165, 1.54) is 0 Å². The molecule has 2 N–H and O–H groups in total. The van der Waals surface area contributed by atoms with Crippen molar-refractivity contribution in [1.82, 2.24) is 4.72 Å². The van der Waals surface area contributed by atoms with Crippen LogP contribution in [0.1, 0.15) is 19.3 Å². The Hall–Kier alpha value is -1.11. The topological polar surface area (TPSA) is 67.4 Å². The van der Waals surface area contributed by atoms with Crippen LogP contribution in [0.2, 0.25) is 0 Å².